The van der Waals surface area contributed by atoms with E-state index in [4.69, 9.17) is 17.3 Å². The molecule has 0 spiro atoms. The third-order valence-electron chi connectivity index (χ3n) is 3.23. The zero-order valence-corrected chi connectivity index (χ0v) is 11.7. The Hall–Kier alpha value is -1.32. The minimum Gasteiger partial charge on any atom is -0.322 e. The summed E-state index contributed by atoms with van der Waals surface area (Å²) in [5.41, 5.74) is 10.9. The van der Waals surface area contributed by atoms with Crippen molar-refractivity contribution < 1.29 is 0 Å². The van der Waals surface area contributed by atoms with Gasteiger partial charge >= 0.3 is 0 Å². The molecule has 1 heterocycles. The lowest BCUT2D eigenvalue weighted by atomic mass is 9.98. The zero-order valence-electron chi connectivity index (χ0n) is 10.9. The van der Waals surface area contributed by atoms with Crippen LogP contribution in [0.5, 0.6) is 0 Å². The van der Waals surface area contributed by atoms with E-state index in [2.05, 4.69) is 37.1 Å². The third kappa shape index (κ3) is 2.57. The molecule has 96 valence electrons. The van der Waals surface area contributed by atoms with Crippen LogP contribution in [-0.4, -0.2) is 9.78 Å². The molecule has 2 rings (SSSR count). The maximum atomic E-state index is 6.25. The van der Waals surface area contributed by atoms with Crippen molar-refractivity contribution in [2.24, 2.45) is 12.8 Å². The number of nitrogens with two attached hydrogens (primary N) is 1. The molecular formula is C14H18ClN3. The van der Waals surface area contributed by atoms with Gasteiger partial charge in [0, 0.05) is 7.05 Å². The van der Waals surface area contributed by atoms with Gasteiger partial charge in [-0.1, -0.05) is 35.4 Å². The van der Waals surface area contributed by atoms with E-state index in [9.17, 15) is 0 Å². The van der Waals surface area contributed by atoms with Crippen LogP contribution in [0, 0.1) is 13.8 Å². The van der Waals surface area contributed by atoms with Crippen molar-refractivity contribution >= 4 is 11.6 Å². The average Bonchev–Trinajstić information content (AvgIpc) is 2.63. The van der Waals surface area contributed by atoms with Gasteiger partial charge in [-0.2, -0.15) is 5.10 Å². The van der Waals surface area contributed by atoms with Gasteiger partial charge in [0.05, 0.1) is 23.0 Å². The van der Waals surface area contributed by atoms with E-state index < -0.39 is 0 Å². The Balaban J connectivity index is 2.26. The largest absolute Gasteiger partial charge is 0.322 e. The first-order valence-electron chi connectivity index (χ1n) is 5.98. The molecule has 2 N–H and O–H groups in total. The van der Waals surface area contributed by atoms with E-state index in [1.807, 2.05) is 7.05 Å². The second-order valence-electron chi connectivity index (χ2n) is 4.74. The highest BCUT2D eigenvalue weighted by Crippen LogP contribution is 2.24. The fourth-order valence-electron chi connectivity index (χ4n) is 2.19. The Kier molecular flexibility index (Phi) is 3.73. The summed E-state index contributed by atoms with van der Waals surface area (Å²) in [5, 5.41) is 4.76. The summed E-state index contributed by atoms with van der Waals surface area (Å²) in [5.74, 6) is 0. The van der Waals surface area contributed by atoms with Crippen molar-refractivity contribution in [3.63, 3.8) is 0 Å². The van der Waals surface area contributed by atoms with Crippen LogP contribution >= 0.6 is 11.6 Å². The van der Waals surface area contributed by atoms with Crippen LogP contribution in [0.1, 0.15) is 28.4 Å². The van der Waals surface area contributed by atoms with Crippen molar-refractivity contribution in [3.8, 4) is 0 Å². The van der Waals surface area contributed by atoms with Crippen molar-refractivity contribution in [1.82, 2.24) is 9.78 Å². The SMILES string of the molecule is Cc1ccc(C)c(CC(N)c2c(Cl)cnn2C)c1. The van der Waals surface area contributed by atoms with Crippen molar-refractivity contribution in [3.05, 3.63) is 51.8 Å². The molecule has 1 unspecified atom stereocenters. The molecule has 0 radical (unpaired) electrons. The summed E-state index contributed by atoms with van der Waals surface area (Å²) >= 11 is 6.11. The molecule has 0 aliphatic heterocycles. The molecule has 1 atom stereocenters. The van der Waals surface area contributed by atoms with E-state index in [0.717, 1.165) is 12.1 Å². The second kappa shape index (κ2) is 5.12. The van der Waals surface area contributed by atoms with Crippen molar-refractivity contribution in [1.29, 1.82) is 0 Å². The standard InChI is InChI=1S/C14H18ClN3/c1-9-4-5-10(2)11(6-9)7-13(16)14-12(15)8-17-18(14)3/h4-6,8,13H,7,16H2,1-3H3. The normalized spacial score (nSPS) is 12.7. The summed E-state index contributed by atoms with van der Waals surface area (Å²) in [6.07, 6.45) is 2.41. The van der Waals surface area contributed by atoms with Crippen LogP contribution in [0.2, 0.25) is 5.02 Å². The number of rotatable bonds is 3. The molecule has 0 saturated heterocycles. The zero-order chi connectivity index (χ0) is 13.3. The van der Waals surface area contributed by atoms with Crippen LogP contribution in [-0.2, 0) is 13.5 Å². The Morgan fingerprint density at radius 3 is 2.72 bits per heavy atom. The van der Waals surface area contributed by atoms with E-state index in [0.29, 0.717) is 5.02 Å². The molecule has 0 amide bonds. The number of nitrogens with zero attached hydrogens (tertiary/aromatic N) is 2. The predicted molar refractivity (Wildman–Crippen MR) is 74.8 cm³/mol. The van der Waals surface area contributed by atoms with Crippen LogP contribution in [0.15, 0.2) is 24.4 Å². The molecule has 0 aliphatic carbocycles. The monoisotopic (exact) mass is 263 g/mol. The van der Waals surface area contributed by atoms with Gasteiger partial charge in [0.15, 0.2) is 0 Å². The topological polar surface area (TPSA) is 43.8 Å². The van der Waals surface area contributed by atoms with Gasteiger partial charge < -0.3 is 5.73 Å². The fraction of sp³-hybridized carbons (Fsp3) is 0.357. The Labute approximate surface area is 113 Å². The number of halogens is 1. The predicted octanol–water partition coefficient (Wildman–Crippen LogP) is 2.93. The fourth-order valence-corrected chi connectivity index (χ4v) is 2.50. The van der Waals surface area contributed by atoms with Crippen LogP contribution in [0.4, 0.5) is 0 Å². The Bertz CT molecular complexity index is 541. The molecule has 0 saturated carbocycles. The second-order valence-corrected chi connectivity index (χ2v) is 5.15. The van der Waals surface area contributed by atoms with E-state index in [1.165, 1.54) is 16.7 Å². The lowest BCUT2D eigenvalue weighted by Crippen LogP contribution is -2.18. The van der Waals surface area contributed by atoms with Crippen LogP contribution < -0.4 is 5.73 Å². The van der Waals surface area contributed by atoms with Crippen molar-refractivity contribution in [2.45, 2.75) is 26.3 Å². The number of hydrogen-bond donors (Lipinski definition) is 1. The molecule has 1 aromatic heterocycles. The highest BCUT2D eigenvalue weighted by Gasteiger charge is 2.16. The van der Waals surface area contributed by atoms with E-state index in [1.54, 1.807) is 10.9 Å². The molecular weight excluding hydrogens is 246 g/mol. The van der Waals surface area contributed by atoms with Crippen LogP contribution in [0.3, 0.4) is 0 Å². The maximum absolute atomic E-state index is 6.25. The smallest absolute Gasteiger partial charge is 0.0834 e. The van der Waals surface area contributed by atoms with E-state index in [-0.39, 0.29) is 6.04 Å². The van der Waals surface area contributed by atoms with Crippen molar-refractivity contribution in [2.75, 3.05) is 0 Å². The first-order chi connectivity index (χ1) is 8.49. The van der Waals surface area contributed by atoms with Gasteiger partial charge in [0.1, 0.15) is 0 Å². The summed E-state index contributed by atoms with van der Waals surface area (Å²) in [6, 6.07) is 6.29. The molecule has 0 bridgehead atoms. The molecule has 1 aromatic carbocycles. The average molecular weight is 264 g/mol. The Morgan fingerprint density at radius 1 is 1.39 bits per heavy atom. The first-order valence-corrected chi connectivity index (χ1v) is 6.36. The Morgan fingerprint density at radius 2 is 2.11 bits per heavy atom. The first kappa shape index (κ1) is 13.1. The molecule has 4 heteroatoms. The summed E-state index contributed by atoms with van der Waals surface area (Å²) in [4.78, 5) is 0. The molecule has 0 fully saturated rings. The minimum atomic E-state index is -0.134. The van der Waals surface area contributed by atoms with Crippen LogP contribution in [0.25, 0.3) is 0 Å². The third-order valence-corrected chi connectivity index (χ3v) is 3.52. The van der Waals surface area contributed by atoms with Gasteiger partial charge in [0.2, 0.25) is 0 Å². The highest BCUT2D eigenvalue weighted by atomic mass is 35.5. The quantitative estimate of drug-likeness (QED) is 0.925. The molecule has 0 aliphatic rings. The number of benzene rings is 1. The van der Waals surface area contributed by atoms with Gasteiger partial charge in [-0.15, -0.1) is 0 Å². The number of hydrogen-bond acceptors (Lipinski definition) is 2. The maximum Gasteiger partial charge on any atom is 0.0834 e. The van der Waals surface area contributed by atoms with Gasteiger partial charge in [0.25, 0.3) is 0 Å². The highest BCUT2D eigenvalue weighted by molar-refractivity contribution is 6.31. The molecule has 18 heavy (non-hydrogen) atoms. The molecule has 3 nitrogen and oxygen atoms in total. The van der Waals surface area contributed by atoms with Gasteiger partial charge in [-0.05, 0) is 31.4 Å². The minimum absolute atomic E-state index is 0.134. The van der Waals surface area contributed by atoms with Gasteiger partial charge in [-0.25, -0.2) is 0 Å². The number of aryl methyl sites for hydroxylation is 3. The van der Waals surface area contributed by atoms with Gasteiger partial charge in [-0.3, -0.25) is 4.68 Å². The lowest BCUT2D eigenvalue weighted by molar-refractivity contribution is 0.616. The molecule has 2 aromatic rings. The lowest BCUT2D eigenvalue weighted by Gasteiger charge is -2.15. The summed E-state index contributed by atoms with van der Waals surface area (Å²) in [7, 11) is 1.87. The summed E-state index contributed by atoms with van der Waals surface area (Å²) in [6.45, 7) is 4.19. The summed E-state index contributed by atoms with van der Waals surface area (Å²) < 4.78 is 1.75. The number of aromatic nitrogens is 2. The van der Waals surface area contributed by atoms with E-state index >= 15 is 0 Å².